The first-order valence-corrected chi connectivity index (χ1v) is 9.61. The van der Waals surface area contributed by atoms with E-state index in [1.807, 2.05) is 26.8 Å². The number of rotatable bonds is 2. The van der Waals surface area contributed by atoms with Crippen molar-refractivity contribution in [1.82, 2.24) is 0 Å². The molecule has 1 aromatic carbocycles. The number of aliphatic imine (C=N–C) groups is 1. The third-order valence-corrected chi connectivity index (χ3v) is 7.78. The lowest BCUT2D eigenvalue weighted by Gasteiger charge is -2.28. The Bertz CT molecular complexity index is 721. The van der Waals surface area contributed by atoms with Gasteiger partial charge in [-0.3, -0.25) is 9.79 Å². The van der Waals surface area contributed by atoms with Gasteiger partial charge in [0.15, 0.2) is 0 Å². The van der Waals surface area contributed by atoms with Gasteiger partial charge >= 0.3 is 0 Å². The van der Waals surface area contributed by atoms with Gasteiger partial charge in [-0.25, -0.2) is 0 Å². The van der Waals surface area contributed by atoms with E-state index in [4.69, 9.17) is 28.9 Å². The van der Waals surface area contributed by atoms with Gasteiger partial charge in [-0.15, -0.1) is 23.5 Å². The van der Waals surface area contributed by atoms with Crippen LogP contribution < -0.4 is 11.1 Å². The number of halogens is 2. The standard InChI is InChI=1S/C15H17Cl2N3OS2/c1-6-7(16)4-8-11(10(6)17)22-9(5-19-8)14-20-12(13(18)21)15(2,3)23-14/h4,9,12,19H,5H2,1-3H3,(H2,18,21). The number of fused-ring (bicyclic) bond motifs is 1. The molecule has 0 radical (unpaired) electrons. The van der Waals surface area contributed by atoms with Crippen LogP contribution >= 0.6 is 46.7 Å². The van der Waals surface area contributed by atoms with Crippen molar-refractivity contribution in [3.63, 3.8) is 0 Å². The van der Waals surface area contributed by atoms with E-state index in [0.717, 1.165) is 21.2 Å². The molecule has 4 nitrogen and oxygen atoms in total. The molecule has 3 rings (SSSR count). The number of hydrogen-bond donors (Lipinski definition) is 2. The molecule has 23 heavy (non-hydrogen) atoms. The van der Waals surface area contributed by atoms with Gasteiger partial charge in [-0.2, -0.15) is 0 Å². The maximum absolute atomic E-state index is 11.6. The van der Waals surface area contributed by atoms with Gasteiger partial charge in [0.25, 0.3) is 0 Å². The van der Waals surface area contributed by atoms with Crippen molar-refractivity contribution in [3.8, 4) is 0 Å². The quantitative estimate of drug-likeness (QED) is 0.802. The summed E-state index contributed by atoms with van der Waals surface area (Å²) in [5, 5.41) is 5.74. The number of primary amides is 1. The molecule has 1 amide bonds. The number of hydrogen-bond acceptors (Lipinski definition) is 5. The minimum atomic E-state index is -0.494. The number of anilines is 1. The molecular weight excluding hydrogens is 373 g/mol. The molecule has 2 aliphatic rings. The van der Waals surface area contributed by atoms with Crippen LogP contribution in [0.5, 0.6) is 0 Å². The Morgan fingerprint density at radius 1 is 1.48 bits per heavy atom. The van der Waals surface area contributed by atoms with Crippen molar-refractivity contribution < 1.29 is 4.79 Å². The lowest BCUT2D eigenvalue weighted by atomic mass is 10.0. The number of amides is 1. The van der Waals surface area contributed by atoms with Gasteiger partial charge in [-0.05, 0) is 32.4 Å². The normalized spacial score (nSPS) is 25.5. The van der Waals surface area contributed by atoms with Crippen molar-refractivity contribution in [3.05, 3.63) is 21.7 Å². The molecule has 1 aromatic rings. The summed E-state index contributed by atoms with van der Waals surface area (Å²) in [5.74, 6) is -0.382. The molecule has 124 valence electrons. The topological polar surface area (TPSA) is 67.5 Å². The van der Waals surface area contributed by atoms with Crippen molar-refractivity contribution in [1.29, 1.82) is 0 Å². The molecule has 0 saturated heterocycles. The highest BCUT2D eigenvalue weighted by Gasteiger charge is 2.43. The van der Waals surface area contributed by atoms with Crippen LogP contribution in [0.15, 0.2) is 16.0 Å². The van der Waals surface area contributed by atoms with Crippen molar-refractivity contribution >= 4 is 63.4 Å². The number of carbonyl (C=O) groups excluding carboxylic acids is 1. The van der Waals surface area contributed by atoms with Gasteiger partial charge in [0, 0.05) is 16.3 Å². The molecular formula is C15H17Cl2N3OS2. The van der Waals surface area contributed by atoms with Crippen LogP contribution in [0, 0.1) is 6.92 Å². The maximum atomic E-state index is 11.6. The largest absolute Gasteiger partial charge is 0.383 e. The second-order valence-electron chi connectivity index (χ2n) is 6.14. The summed E-state index contributed by atoms with van der Waals surface area (Å²) in [6.07, 6.45) is 0. The summed E-state index contributed by atoms with van der Waals surface area (Å²) in [6, 6.07) is 1.41. The van der Waals surface area contributed by atoms with E-state index in [0.29, 0.717) is 16.6 Å². The van der Waals surface area contributed by atoms with Crippen LogP contribution in [0.4, 0.5) is 5.69 Å². The third-order valence-electron chi connectivity index (χ3n) is 3.97. The Kier molecular flexibility index (Phi) is 4.55. The molecule has 0 spiro atoms. The van der Waals surface area contributed by atoms with E-state index in [2.05, 4.69) is 10.3 Å². The van der Waals surface area contributed by atoms with Crippen molar-refractivity contribution in [2.24, 2.45) is 10.7 Å². The SMILES string of the molecule is Cc1c(Cl)cc2c(c1Cl)SC(C1=NC(C(N)=O)C(C)(C)S1)CN2. The number of thioether (sulfide) groups is 2. The van der Waals surface area contributed by atoms with E-state index in [1.165, 1.54) is 0 Å². The fraction of sp³-hybridized carbons (Fsp3) is 0.467. The Hall–Kier alpha value is -0.560. The lowest BCUT2D eigenvalue weighted by Crippen LogP contribution is -2.39. The number of nitrogens with two attached hydrogens (primary N) is 1. The predicted molar refractivity (Wildman–Crippen MR) is 101 cm³/mol. The summed E-state index contributed by atoms with van der Waals surface area (Å²) in [5.41, 5.74) is 7.30. The monoisotopic (exact) mass is 389 g/mol. The first kappa shape index (κ1) is 17.3. The van der Waals surface area contributed by atoms with Crippen LogP contribution in [-0.4, -0.2) is 33.5 Å². The molecule has 0 bridgehead atoms. The highest BCUT2D eigenvalue weighted by molar-refractivity contribution is 8.17. The Morgan fingerprint density at radius 2 is 2.17 bits per heavy atom. The first-order valence-electron chi connectivity index (χ1n) is 7.16. The van der Waals surface area contributed by atoms with Crippen LogP contribution in [0.25, 0.3) is 0 Å². The molecule has 2 unspecified atom stereocenters. The predicted octanol–water partition coefficient (Wildman–Crippen LogP) is 3.97. The summed E-state index contributed by atoms with van der Waals surface area (Å²) in [6.45, 7) is 6.61. The zero-order valence-electron chi connectivity index (χ0n) is 12.9. The summed E-state index contributed by atoms with van der Waals surface area (Å²) < 4.78 is -0.318. The molecule has 0 aliphatic carbocycles. The van der Waals surface area contributed by atoms with E-state index >= 15 is 0 Å². The molecule has 3 N–H and O–H groups in total. The van der Waals surface area contributed by atoms with Crippen molar-refractivity contribution in [2.75, 3.05) is 11.9 Å². The number of nitrogens with zero attached hydrogens (tertiary/aromatic N) is 1. The van der Waals surface area contributed by atoms with E-state index in [-0.39, 0.29) is 15.9 Å². The smallest absolute Gasteiger partial charge is 0.243 e. The summed E-state index contributed by atoms with van der Waals surface area (Å²) >= 11 is 15.9. The number of nitrogens with one attached hydrogen (secondary N) is 1. The molecule has 0 aromatic heterocycles. The molecule has 8 heteroatoms. The Labute approximate surface area is 154 Å². The number of benzene rings is 1. The first-order chi connectivity index (χ1) is 10.7. The Balaban J connectivity index is 1.90. The zero-order chi connectivity index (χ0) is 16.9. The second-order valence-corrected chi connectivity index (χ2v) is 9.81. The molecule has 0 saturated carbocycles. The molecule has 0 fully saturated rings. The summed E-state index contributed by atoms with van der Waals surface area (Å²) in [7, 11) is 0. The average Bonchev–Trinajstić information content (AvgIpc) is 2.80. The minimum absolute atomic E-state index is 0.106. The maximum Gasteiger partial charge on any atom is 0.243 e. The van der Waals surface area contributed by atoms with Crippen LogP contribution in [0.2, 0.25) is 10.0 Å². The van der Waals surface area contributed by atoms with Gasteiger partial charge in [0.05, 0.1) is 25.9 Å². The second kappa shape index (κ2) is 6.06. The van der Waals surface area contributed by atoms with E-state index in [1.54, 1.807) is 23.5 Å². The minimum Gasteiger partial charge on any atom is -0.383 e. The van der Waals surface area contributed by atoms with Crippen LogP contribution in [-0.2, 0) is 4.79 Å². The average molecular weight is 390 g/mol. The highest BCUT2D eigenvalue weighted by Crippen LogP contribution is 2.48. The van der Waals surface area contributed by atoms with Gasteiger partial charge < -0.3 is 11.1 Å². The number of carbonyl (C=O) groups is 1. The third kappa shape index (κ3) is 3.06. The van der Waals surface area contributed by atoms with Crippen LogP contribution in [0.1, 0.15) is 19.4 Å². The zero-order valence-corrected chi connectivity index (χ0v) is 16.1. The van der Waals surface area contributed by atoms with Gasteiger partial charge in [-0.1, -0.05) is 23.2 Å². The van der Waals surface area contributed by atoms with Gasteiger partial charge in [0.2, 0.25) is 5.91 Å². The fourth-order valence-electron chi connectivity index (χ4n) is 2.65. The molecule has 2 aliphatic heterocycles. The molecule has 2 heterocycles. The Morgan fingerprint density at radius 3 is 2.78 bits per heavy atom. The molecule has 2 atom stereocenters. The van der Waals surface area contributed by atoms with E-state index in [9.17, 15) is 4.79 Å². The van der Waals surface area contributed by atoms with Crippen molar-refractivity contribution in [2.45, 2.75) is 41.7 Å². The van der Waals surface area contributed by atoms with E-state index < -0.39 is 6.04 Å². The highest BCUT2D eigenvalue weighted by atomic mass is 35.5. The fourth-order valence-corrected chi connectivity index (χ4v) is 5.85. The van der Waals surface area contributed by atoms with Crippen LogP contribution in [0.3, 0.4) is 0 Å². The summed E-state index contributed by atoms with van der Waals surface area (Å²) in [4.78, 5) is 17.2. The lowest BCUT2D eigenvalue weighted by molar-refractivity contribution is -0.119. The van der Waals surface area contributed by atoms with Gasteiger partial charge in [0.1, 0.15) is 6.04 Å².